The number of rotatable bonds is 5. The van der Waals surface area contributed by atoms with Crippen molar-refractivity contribution in [1.82, 2.24) is 9.97 Å². The van der Waals surface area contributed by atoms with Crippen LogP contribution in [0.2, 0.25) is 0 Å². The first-order valence-corrected chi connectivity index (χ1v) is 7.69. The van der Waals surface area contributed by atoms with Crippen molar-refractivity contribution < 1.29 is 13.9 Å². The summed E-state index contributed by atoms with van der Waals surface area (Å²) in [6.07, 6.45) is 1.43. The van der Waals surface area contributed by atoms with Gasteiger partial charge in [-0.1, -0.05) is 6.07 Å². The molecule has 0 bridgehead atoms. The number of nitrogens with zero attached hydrogens (tertiary/aromatic N) is 2. The van der Waals surface area contributed by atoms with Crippen LogP contribution in [-0.2, 0) is 0 Å². The Morgan fingerprint density at radius 1 is 1.00 bits per heavy atom. The van der Waals surface area contributed by atoms with Gasteiger partial charge in [-0.25, -0.2) is 14.4 Å². The molecule has 2 aromatic carbocycles. The lowest BCUT2D eigenvalue weighted by molar-refractivity contribution is 0.388. The molecule has 25 heavy (non-hydrogen) atoms. The molecule has 128 valence electrons. The summed E-state index contributed by atoms with van der Waals surface area (Å²) in [5.41, 5.74) is 3.01. The summed E-state index contributed by atoms with van der Waals surface area (Å²) in [5.74, 6) is 1.14. The van der Waals surface area contributed by atoms with Gasteiger partial charge in [-0.15, -0.1) is 0 Å². The van der Waals surface area contributed by atoms with Gasteiger partial charge < -0.3 is 14.8 Å². The van der Waals surface area contributed by atoms with Gasteiger partial charge in [0.1, 0.15) is 17.9 Å². The van der Waals surface area contributed by atoms with Gasteiger partial charge in [0, 0.05) is 17.3 Å². The zero-order valence-corrected chi connectivity index (χ0v) is 14.2. The van der Waals surface area contributed by atoms with Gasteiger partial charge in [0.15, 0.2) is 11.6 Å². The summed E-state index contributed by atoms with van der Waals surface area (Å²) in [4.78, 5) is 8.45. The third kappa shape index (κ3) is 3.52. The molecule has 5 nitrogen and oxygen atoms in total. The molecule has 0 aliphatic rings. The third-order valence-corrected chi connectivity index (χ3v) is 3.78. The predicted octanol–water partition coefficient (Wildman–Crippen LogP) is 4.35. The highest BCUT2D eigenvalue weighted by molar-refractivity contribution is 5.71. The molecular formula is C19H18FN3O2. The zero-order chi connectivity index (χ0) is 17.8. The number of ether oxygens (including phenoxy) is 2. The van der Waals surface area contributed by atoms with Crippen LogP contribution in [0.5, 0.6) is 11.5 Å². The second-order valence-electron chi connectivity index (χ2n) is 5.42. The average Bonchev–Trinajstić information content (AvgIpc) is 2.62. The fourth-order valence-electron chi connectivity index (χ4n) is 2.60. The summed E-state index contributed by atoms with van der Waals surface area (Å²) in [7, 11) is 3.07. The SMILES string of the molecule is COc1ccc(Nc2cc(-c3cccc(F)c3OC)ncn2)cc1C. The van der Waals surface area contributed by atoms with Crippen LogP contribution in [0.3, 0.4) is 0 Å². The summed E-state index contributed by atoms with van der Waals surface area (Å²) in [6, 6.07) is 12.2. The maximum atomic E-state index is 13.9. The highest BCUT2D eigenvalue weighted by Crippen LogP contribution is 2.32. The van der Waals surface area contributed by atoms with Crippen molar-refractivity contribution in [2.24, 2.45) is 0 Å². The largest absolute Gasteiger partial charge is 0.496 e. The van der Waals surface area contributed by atoms with Crippen molar-refractivity contribution in [3.05, 3.63) is 60.2 Å². The smallest absolute Gasteiger partial charge is 0.165 e. The highest BCUT2D eigenvalue weighted by atomic mass is 19.1. The molecule has 0 saturated carbocycles. The Bertz CT molecular complexity index is 900. The van der Waals surface area contributed by atoms with Crippen molar-refractivity contribution in [2.75, 3.05) is 19.5 Å². The zero-order valence-electron chi connectivity index (χ0n) is 14.2. The van der Waals surface area contributed by atoms with E-state index in [1.807, 2.05) is 25.1 Å². The lowest BCUT2D eigenvalue weighted by Crippen LogP contribution is -1.98. The molecule has 0 spiro atoms. The number of nitrogens with one attached hydrogen (secondary N) is 1. The molecule has 0 saturated heterocycles. The van der Waals surface area contributed by atoms with Crippen molar-refractivity contribution in [3.63, 3.8) is 0 Å². The van der Waals surface area contributed by atoms with E-state index in [1.165, 1.54) is 19.5 Å². The Morgan fingerprint density at radius 3 is 2.56 bits per heavy atom. The monoisotopic (exact) mass is 339 g/mol. The Hall–Kier alpha value is -3.15. The van der Waals surface area contributed by atoms with E-state index in [0.717, 1.165) is 17.0 Å². The standard InChI is InChI=1S/C19H18FN3O2/c1-12-9-13(7-8-17(12)24-2)23-18-10-16(21-11-22-18)14-5-4-6-15(20)19(14)25-3/h4-11H,1-3H3,(H,21,22,23). The number of hydrogen-bond acceptors (Lipinski definition) is 5. The number of aromatic nitrogens is 2. The van der Waals surface area contributed by atoms with Crippen LogP contribution >= 0.6 is 0 Å². The van der Waals surface area contributed by atoms with Gasteiger partial charge in [0.2, 0.25) is 0 Å². The molecule has 3 aromatic rings. The molecule has 0 amide bonds. The normalized spacial score (nSPS) is 10.4. The summed E-state index contributed by atoms with van der Waals surface area (Å²) in [6.45, 7) is 1.97. The number of halogens is 1. The van der Waals surface area contributed by atoms with Gasteiger partial charge in [0.05, 0.1) is 19.9 Å². The number of hydrogen-bond donors (Lipinski definition) is 1. The van der Waals surface area contributed by atoms with Gasteiger partial charge in [0.25, 0.3) is 0 Å². The molecule has 1 aromatic heterocycles. The summed E-state index contributed by atoms with van der Waals surface area (Å²) in [5, 5.41) is 3.22. The molecule has 0 fully saturated rings. The lowest BCUT2D eigenvalue weighted by Gasteiger charge is -2.11. The van der Waals surface area contributed by atoms with E-state index in [0.29, 0.717) is 17.1 Å². The minimum absolute atomic E-state index is 0.160. The van der Waals surface area contributed by atoms with Crippen molar-refractivity contribution in [1.29, 1.82) is 0 Å². The van der Waals surface area contributed by atoms with Crippen LogP contribution in [-0.4, -0.2) is 24.2 Å². The number of benzene rings is 2. The lowest BCUT2D eigenvalue weighted by atomic mass is 10.1. The van der Waals surface area contributed by atoms with Crippen LogP contribution in [0.4, 0.5) is 15.9 Å². The quantitative estimate of drug-likeness (QED) is 0.749. The highest BCUT2D eigenvalue weighted by Gasteiger charge is 2.12. The van der Waals surface area contributed by atoms with Crippen LogP contribution in [0.1, 0.15) is 5.56 Å². The van der Waals surface area contributed by atoms with E-state index in [1.54, 1.807) is 25.3 Å². The molecule has 0 aliphatic carbocycles. The predicted molar refractivity (Wildman–Crippen MR) is 95.0 cm³/mol. The van der Waals surface area contributed by atoms with E-state index in [9.17, 15) is 4.39 Å². The van der Waals surface area contributed by atoms with Crippen LogP contribution in [0.15, 0.2) is 48.8 Å². The van der Waals surface area contributed by atoms with Crippen LogP contribution in [0, 0.1) is 12.7 Å². The van der Waals surface area contributed by atoms with E-state index in [4.69, 9.17) is 9.47 Å². The first kappa shape index (κ1) is 16.7. The Kier molecular flexibility index (Phi) is 4.79. The van der Waals surface area contributed by atoms with Crippen LogP contribution in [0.25, 0.3) is 11.3 Å². The minimum atomic E-state index is -0.432. The van der Waals surface area contributed by atoms with Crippen molar-refractivity contribution in [2.45, 2.75) is 6.92 Å². The minimum Gasteiger partial charge on any atom is -0.496 e. The van der Waals surface area contributed by atoms with Gasteiger partial charge >= 0.3 is 0 Å². The fraction of sp³-hybridized carbons (Fsp3) is 0.158. The fourth-order valence-corrected chi connectivity index (χ4v) is 2.60. The topological polar surface area (TPSA) is 56.3 Å². The number of para-hydroxylation sites is 1. The molecule has 0 unspecified atom stereocenters. The van der Waals surface area contributed by atoms with Crippen molar-refractivity contribution >= 4 is 11.5 Å². The second-order valence-corrected chi connectivity index (χ2v) is 5.42. The molecular weight excluding hydrogens is 321 g/mol. The number of methoxy groups -OCH3 is 2. The second kappa shape index (κ2) is 7.17. The Morgan fingerprint density at radius 2 is 1.84 bits per heavy atom. The third-order valence-electron chi connectivity index (χ3n) is 3.78. The maximum Gasteiger partial charge on any atom is 0.165 e. The Labute approximate surface area is 145 Å². The van der Waals surface area contributed by atoms with Crippen LogP contribution < -0.4 is 14.8 Å². The first-order chi connectivity index (χ1) is 12.1. The molecule has 6 heteroatoms. The number of aryl methyl sites for hydroxylation is 1. The summed E-state index contributed by atoms with van der Waals surface area (Å²) < 4.78 is 24.3. The molecule has 1 heterocycles. The maximum absolute atomic E-state index is 13.9. The molecule has 3 rings (SSSR count). The first-order valence-electron chi connectivity index (χ1n) is 7.69. The van der Waals surface area contributed by atoms with E-state index >= 15 is 0 Å². The van der Waals surface area contributed by atoms with E-state index in [-0.39, 0.29) is 5.75 Å². The molecule has 0 radical (unpaired) electrons. The van der Waals surface area contributed by atoms with Gasteiger partial charge in [-0.3, -0.25) is 0 Å². The van der Waals surface area contributed by atoms with Gasteiger partial charge in [-0.2, -0.15) is 0 Å². The average molecular weight is 339 g/mol. The van der Waals surface area contributed by atoms with E-state index < -0.39 is 5.82 Å². The van der Waals surface area contributed by atoms with Crippen molar-refractivity contribution in [3.8, 4) is 22.8 Å². The summed E-state index contributed by atoms with van der Waals surface area (Å²) >= 11 is 0. The molecule has 1 N–H and O–H groups in total. The number of anilines is 2. The molecule has 0 atom stereocenters. The Balaban J connectivity index is 1.92. The van der Waals surface area contributed by atoms with E-state index in [2.05, 4.69) is 15.3 Å². The molecule has 0 aliphatic heterocycles. The van der Waals surface area contributed by atoms with Gasteiger partial charge in [-0.05, 0) is 42.8 Å².